The summed E-state index contributed by atoms with van der Waals surface area (Å²) < 4.78 is 0. The van der Waals surface area contributed by atoms with Crippen LogP contribution >= 0.6 is 11.8 Å². The topological polar surface area (TPSA) is 38.4 Å². The average Bonchev–Trinajstić information content (AvgIpc) is 1.82. The Morgan fingerprint density at radius 2 is 2.40 bits per heavy atom. The SMILES string of the molecule is C#CCSC(N)=NC(C)C. The van der Waals surface area contributed by atoms with Gasteiger partial charge >= 0.3 is 0 Å². The van der Waals surface area contributed by atoms with Crippen LogP contribution in [0.3, 0.4) is 0 Å². The summed E-state index contributed by atoms with van der Waals surface area (Å²) in [6.45, 7) is 3.95. The third-order valence-corrected chi connectivity index (χ3v) is 1.40. The largest absolute Gasteiger partial charge is 0.379 e. The second-order valence-corrected chi connectivity index (χ2v) is 3.05. The second-order valence-electron chi connectivity index (χ2n) is 2.05. The van der Waals surface area contributed by atoms with E-state index in [1.807, 2.05) is 13.8 Å². The molecule has 0 aliphatic rings. The first-order chi connectivity index (χ1) is 4.66. The van der Waals surface area contributed by atoms with Crippen LogP contribution in [-0.4, -0.2) is 17.0 Å². The first-order valence-corrected chi connectivity index (χ1v) is 4.05. The van der Waals surface area contributed by atoms with E-state index in [-0.39, 0.29) is 6.04 Å². The maximum absolute atomic E-state index is 5.48. The van der Waals surface area contributed by atoms with Crippen LogP contribution in [0.15, 0.2) is 4.99 Å². The zero-order valence-electron chi connectivity index (χ0n) is 6.29. The fourth-order valence-electron chi connectivity index (χ4n) is 0.407. The van der Waals surface area contributed by atoms with E-state index < -0.39 is 0 Å². The number of nitrogens with zero attached hydrogens (tertiary/aromatic N) is 1. The molecular weight excluding hydrogens is 144 g/mol. The van der Waals surface area contributed by atoms with Gasteiger partial charge in [-0.05, 0) is 13.8 Å². The molecule has 0 spiro atoms. The fraction of sp³-hybridized carbons (Fsp3) is 0.571. The summed E-state index contributed by atoms with van der Waals surface area (Å²) in [7, 11) is 0. The quantitative estimate of drug-likeness (QED) is 0.369. The van der Waals surface area contributed by atoms with Crippen molar-refractivity contribution >= 4 is 16.9 Å². The summed E-state index contributed by atoms with van der Waals surface area (Å²) >= 11 is 1.40. The van der Waals surface area contributed by atoms with Crippen LogP contribution in [0.2, 0.25) is 0 Å². The van der Waals surface area contributed by atoms with E-state index in [2.05, 4.69) is 10.9 Å². The minimum atomic E-state index is 0.255. The summed E-state index contributed by atoms with van der Waals surface area (Å²) in [6, 6.07) is 0.255. The third kappa shape index (κ3) is 5.52. The fourth-order valence-corrected chi connectivity index (χ4v) is 0.924. The molecule has 0 aromatic heterocycles. The molecule has 0 saturated carbocycles. The average molecular weight is 156 g/mol. The maximum atomic E-state index is 5.48. The number of hydrogen-bond donors (Lipinski definition) is 1. The van der Waals surface area contributed by atoms with E-state index >= 15 is 0 Å². The summed E-state index contributed by atoms with van der Waals surface area (Å²) in [5.74, 6) is 3.07. The predicted molar refractivity (Wildman–Crippen MR) is 48.0 cm³/mol. The summed E-state index contributed by atoms with van der Waals surface area (Å²) in [5, 5.41) is 0.577. The molecule has 0 bridgehead atoms. The highest BCUT2D eigenvalue weighted by Crippen LogP contribution is 1.99. The van der Waals surface area contributed by atoms with Gasteiger partial charge in [-0.25, -0.2) is 0 Å². The first kappa shape index (κ1) is 9.38. The second kappa shape index (κ2) is 5.19. The molecule has 0 unspecified atom stereocenters. The van der Waals surface area contributed by atoms with Gasteiger partial charge in [-0.15, -0.1) is 6.42 Å². The summed E-state index contributed by atoms with van der Waals surface area (Å²) in [5.41, 5.74) is 5.48. The minimum Gasteiger partial charge on any atom is -0.379 e. The molecule has 2 nitrogen and oxygen atoms in total. The lowest BCUT2D eigenvalue weighted by atomic mass is 10.4. The van der Waals surface area contributed by atoms with Crippen molar-refractivity contribution in [3.63, 3.8) is 0 Å². The number of aliphatic imine (C=N–C) groups is 1. The Balaban J connectivity index is 3.62. The highest BCUT2D eigenvalue weighted by Gasteiger charge is 1.92. The lowest BCUT2D eigenvalue weighted by Gasteiger charge is -1.98. The van der Waals surface area contributed by atoms with E-state index in [0.717, 1.165) is 0 Å². The van der Waals surface area contributed by atoms with Gasteiger partial charge in [0.15, 0.2) is 5.17 Å². The molecule has 0 aliphatic carbocycles. The number of amidine groups is 1. The van der Waals surface area contributed by atoms with Crippen molar-refractivity contribution in [3.8, 4) is 12.3 Å². The van der Waals surface area contributed by atoms with Crippen LogP contribution in [0.4, 0.5) is 0 Å². The normalized spacial score (nSPS) is 11.6. The minimum absolute atomic E-state index is 0.255. The van der Waals surface area contributed by atoms with Gasteiger partial charge < -0.3 is 5.73 Å². The molecule has 10 heavy (non-hydrogen) atoms. The van der Waals surface area contributed by atoms with Crippen LogP contribution < -0.4 is 5.73 Å². The van der Waals surface area contributed by atoms with Gasteiger partial charge in [-0.3, -0.25) is 4.99 Å². The summed E-state index contributed by atoms with van der Waals surface area (Å²) in [6.07, 6.45) is 5.03. The first-order valence-electron chi connectivity index (χ1n) is 3.06. The van der Waals surface area contributed by atoms with Crippen molar-refractivity contribution in [1.29, 1.82) is 0 Å². The summed E-state index contributed by atoms with van der Waals surface area (Å²) in [4.78, 5) is 4.08. The van der Waals surface area contributed by atoms with Gasteiger partial charge in [-0.1, -0.05) is 17.7 Å². The van der Waals surface area contributed by atoms with Gasteiger partial charge in [0.05, 0.1) is 5.75 Å². The third-order valence-electron chi connectivity index (χ3n) is 0.689. The van der Waals surface area contributed by atoms with Crippen LogP contribution in [0, 0.1) is 12.3 Å². The van der Waals surface area contributed by atoms with Crippen LogP contribution in [0.5, 0.6) is 0 Å². The molecule has 0 aromatic rings. The van der Waals surface area contributed by atoms with Gasteiger partial charge in [0.2, 0.25) is 0 Å². The lowest BCUT2D eigenvalue weighted by Crippen LogP contribution is -2.09. The van der Waals surface area contributed by atoms with Crippen molar-refractivity contribution in [1.82, 2.24) is 0 Å². The molecule has 0 rings (SSSR count). The van der Waals surface area contributed by atoms with Gasteiger partial charge in [0.1, 0.15) is 0 Å². The Labute approximate surface area is 66.3 Å². The van der Waals surface area contributed by atoms with Crippen LogP contribution in [-0.2, 0) is 0 Å². The molecule has 0 heterocycles. The van der Waals surface area contributed by atoms with Crippen molar-refractivity contribution in [2.75, 3.05) is 5.75 Å². The van der Waals surface area contributed by atoms with E-state index in [0.29, 0.717) is 10.9 Å². The zero-order chi connectivity index (χ0) is 7.98. The highest BCUT2D eigenvalue weighted by molar-refractivity contribution is 8.13. The molecule has 0 aromatic carbocycles. The Kier molecular flexibility index (Phi) is 4.87. The highest BCUT2D eigenvalue weighted by atomic mass is 32.2. The maximum Gasteiger partial charge on any atom is 0.155 e. The van der Waals surface area contributed by atoms with Crippen molar-refractivity contribution < 1.29 is 0 Å². The van der Waals surface area contributed by atoms with Crippen LogP contribution in [0.1, 0.15) is 13.8 Å². The number of hydrogen-bond acceptors (Lipinski definition) is 2. The molecule has 2 N–H and O–H groups in total. The Morgan fingerprint density at radius 1 is 1.80 bits per heavy atom. The van der Waals surface area contributed by atoms with Gasteiger partial charge in [-0.2, -0.15) is 0 Å². The number of nitrogens with two attached hydrogens (primary N) is 1. The predicted octanol–water partition coefficient (Wildman–Crippen LogP) is 1.08. The molecule has 0 atom stereocenters. The molecule has 0 radical (unpaired) electrons. The van der Waals surface area contributed by atoms with Crippen LogP contribution in [0.25, 0.3) is 0 Å². The van der Waals surface area contributed by atoms with Crippen molar-refractivity contribution in [2.45, 2.75) is 19.9 Å². The van der Waals surface area contributed by atoms with E-state index in [1.165, 1.54) is 11.8 Å². The standard InChI is InChI=1S/C7H12N2S/c1-4-5-10-7(8)9-6(2)3/h1,6H,5H2,2-3H3,(H2,8,9). The Morgan fingerprint density at radius 3 is 2.80 bits per heavy atom. The van der Waals surface area contributed by atoms with Gasteiger partial charge in [0.25, 0.3) is 0 Å². The lowest BCUT2D eigenvalue weighted by molar-refractivity contribution is 0.838. The zero-order valence-corrected chi connectivity index (χ0v) is 7.11. The molecule has 3 heteroatoms. The molecule has 0 fully saturated rings. The molecular formula is C7H12N2S. The van der Waals surface area contributed by atoms with E-state index in [1.54, 1.807) is 0 Å². The number of terminal acetylenes is 1. The molecule has 56 valence electrons. The number of thioether (sulfide) groups is 1. The van der Waals surface area contributed by atoms with E-state index in [9.17, 15) is 0 Å². The Bertz CT molecular complexity index is 155. The van der Waals surface area contributed by atoms with Crippen molar-refractivity contribution in [2.24, 2.45) is 10.7 Å². The van der Waals surface area contributed by atoms with Crippen molar-refractivity contribution in [3.05, 3.63) is 0 Å². The number of rotatable bonds is 2. The smallest absolute Gasteiger partial charge is 0.155 e. The van der Waals surface area contributed by atoms with Gasteiger partial charge in [0, 0.05) is 6.04 Å². The molecule has 0 saturated heterocycles. The molecule has 0 aliphatic heterocycles. The van der Waals surface area contributed by atoms with E-state index in [4.69, 9.17) is 12.2 Å². The molecule has 0 amide bonds. The Hall–Kier alpha value is -0.620. The monoisotopic (exact) mass is 156 g/mol.